The van der Waals surface area contributed by atoms with E-state index in [-0.39, 0.29) is 36.4 Å². The maximum absolute atomic E-state index is 11.8. The minimum Gasteiger partial charge on any atom is -0.383 e. The molecule has 2 rings (SSSR count). The second-order valence-corrected chi connectivity index (χ2v) is 6.72. The maximum Gasteiger partial charge on any atom is 0.241 e. The molecule has 0 aromatic heterocycles. The molecule has 1 aromatic rings. The number of ether oxygens (including phenoxy) is 1. The summed E-state index contributed by atoms with van der Waals surface area (Å²) in [4.78, 5) is 18.7. The SMILES string of the molecule is CCNC(=NCC(=O)NCCOC)NC1CCN(Cc2ccccc2)CC1.I. The molecule has 28 heavy (non-hydrogen) atoms. The van der Waals surface area contributed by atoms with Gasteiger partial charge in [-0.05, 0) is 25.3 Å². The van der Waals surface area contributed by atoms with Gasteiger partial charge in [-0.25, -0.2) is 4.99 Å². The van der Waals surface area contributed by atoms with Crippen LogP contribution in [0.25, 0.3) is 0 Å². The van der Waals surface area contributed by atoms with Crippen molar-refractivity contribution in [2.75, 3.05) is 46.4 Å². The molecule has 1 aliphatic rings. The van der Waals surface area contributed by atoms with E-state index in [1.807, 2.05) is 6.92 Å². The van der Waals surface area contributed by atoms with Crippen molar-refractivity contribution in [1.29, 1.82) is 0 Å². The van der Waals surface area contributed by atoms with E-state index in [1.165, 1.54) is 5.56 Å². The van der Waals surface area contributed by atoms with Crippen molar-refractivity contribution in [3.63, 3.8) is 0 Å². The molecule has 0 saturated carbocycles. The highest BCUT2D eigenvalue weighted by molar-refractivity contribution is 14.0. The summed E-state index contributed by atoms with van der Waals surface area (Å²) in [5.41, 5.74) is 1.36. The summed E-state index contributed by atoms with van der Waals surface area (Å²) in [7, 11) is 1.61. The van der Waals surface area contributed by atoms with Crippen LogP contribution in [0.2, 0.25) is 0 Å². The lowest BCUT2D eigenvalue weighted by Crippen LogP contribution is -2.48. The van der Waals surface area contributed by atoms with Gasteiger partial charge in [0.1, 0.15) is 6.54 Å². The molecule has 0 bridgehead atoms. The van der Waals surface area contributed by atoms with Crippen molar-refractivity contribution in [3.8, 4) is 0 Å². The zero-order chi connectivity index (χ0) is 19.3. The highest BCUT2D eigenvalue weighted by Crippen LogP contribution is 2.13. The lowest BCUT2D eigenvalue weighted by atomic mass is 10.0. The summed E-state index contributed by atoms with van der Waals surface area (Å²) in [6, 6.07) is 11.0. The molecule has 0 aliphatic carbocycles. The molecule has 3 N–H and O–H groups in total. The van der Waals surface area contributed by atoms with Crippen molar-refractivity contribution in [3.05, 3.63) is 35.9 Å². The average Bonchev–Trinajstić information content (AvgIpc) is 2.69. The number of likely N-dealkylation sites (tertiary alicyclic amines) is 1. The lowest BCUT2D eigenvalue weighted by molar-refractivity contribution is -0.119. The first-order valence-corrected chi connectivity index (χ1v) is 9.78. The summed E-state index contributed by atoms with van der Waals surface area (Å²) in [6.07, 6.45) is 2.13. The molecular formula is C20H34IN5O2. The number of piperidine rings is 1. The molecule has 0 spiro atoms. The standard InChI is InChI=1S/C20H33N5O2.HI/c1-3-21-20(23-15-19(26)22-11-14-27-2)24-18-9-12-25(13-10-18)16-17-7-5-4-6-8-17;/h4-8,18H,3,9-16H2,1-2H3,(H,22,26)(H2,21,23,24);1H. The normalized spacial score (nSPS) is 15.6. The van der Waals surface area contributed by atoms with Gasteiger partial charge in [0, 0.05) is 45.9 Å². The third-order valence-corrected chi connectivity index (χ3v) is 4.53. The van der Waals surface area contributed by atoms with Crippen molar-refractivity contribution < 1.29 is 9.53 Å². The summed E-state index contributed by atoms with van der Waals surface area (Å²) in [6.45, 7) is 7.05. The van der Waals surface area contributed by atoms with Crippen molar-refractivity contribution in [2.45, 2.75) is 32.4 Å². The summed E-state index contributed by atoms with van der Waals surface area (Å²) < 4.78 is 4.92. The fourth-order valence-electron chi connectivity index (χ4n) is 3.09. The van der Waals surface area contributed by atoms with Crippen LogP contribution in [0.3, 0.4) is 0 Å². The second-order valence-electron chi connectivity index (χ2n) is 6.72. The smallest absolute Gasteiger partial charge is 0.241 e. The van der Waals surface area contributed by atoms with E-state index < -0.39 is 0 Å². The van der Waals surface area contributed by atoms with Crippen molar-refractivity contribution in [1.82, 2.24) is 20.9 Å². The van der Waals surface area contributed by atoms with Crippen LogP contribution in [-0.4, -0.2) is 69.2 Å². The molecule has 0 radical (unpaired) electrons. The van der Waals surface area contributed by atoms with E-state index >= 15 is 0 Å². The summed E-state index contributed by atoms with van der Waals surface area (Å²) in [5.74, 6) is 0.614. The van der Waals surface area contributed by atoms with Crippen molar-refractivity contribution in [2.24, 2.45) is 4.99 Å². The minimum absolute atomic E-state index is 0. The lowest BCUT2D eigenvalue weighted by Gasteiger charge is -2.33. The number of benzene rings is 1. The first kappa shape index (κ1) is 24.6. The van der Waals surface area contributed by atoms with Crippen molar-refractivity contribution >= 4 is 35.8 Å². The zero-order valence-electron chi connectivity index (χ0n) is 16.9. The van der Waals surface area contributed by atoms with E-state index in [0.29, 0.717) is 25.2 Å². The van der Waals surface area contributed by atoms with Crippen LogP contribution in [0.5, 0.6) is 0 Å². The third kappa shape index (κ3) is 9.70. The van der Waals surface area contributed by atoms with Gasteiger partial charge < -0.3 is 20.7 Å². The number of guanidine groups is 1. The van der Waals surface area contributed by atoms with Gasteiger partial charge in [0.15, 0.2) is 5.96 Å². The fraction of sp³-hybridized carbons (Fsp3) is 0.600. The van der Waals surface area contributed by atoms with Crippen LogP contribution in [0.15, 0.2) is 35.3 Å². The predicted octanol–water partition coefficient (Wildman–Crippen LogP) is 1.59. The topological polar surface area (TPSA) is 78.0 Å². The molecule has 1 aliphatic heterocycles. The van der Waals surface area contributed by atoms with Gasteiger partial charge >= 0.3 is 0 Å². The predicted molar refractivity (Wildman–Crippen MR) is 124 cm³/mol. The number of carbonyl (C=O) groups excluding carboxylic acids is 1. The molecule has 1 fully saturated rings. The first-order chi connectivity index (χ1) is 13.2. The Morgan fingerprint density at radius 1 is 1.21 bits per heavy atom. The molecule has 1 saturated heterocycles. The third-order valence-electron chi connectivity index (χ3n) is 4.53. The second kappa shape index (κ2) is 14.6. The van der Waals surface area contributed by atoms with E-state index in [0.717, 1.165) is 39.0 Å². The Morgan fingerprint density at radius 3 is 2.57 bits per heavy atom. The van der Waals surface area contributed by atoms with Crippen LogP contribution in [0.4, 0.5) is 0 Å². The Bertz CT molecular complexity index is 577. The van der Waals surface area contributed by atoms with E-state index in [2.05, 4.69) is 56.2 Å². The van der Waals surface area contributed by atoms with Crippen LogP contribution in [0, 0.1) is 0 Å². The highest BCUT2D eigenvalue weighted by atomic mass is 127. The van der Waals surface area contributed by atoms with Gasteiger partial charge in [0.25, 0.3) is 0 Å². The van der Waals surface area contributed by atoms with Crippen LogP contribution < -0.4 is 16.0 Å². The minimum atomic E-state index is -0.0954. The number of rotatable bonds is 9. The van der Waals surface area contributed by atoms with E-state index in [1.54, 1.807) is 7.11 Å². The number of halogens is 1. The number of methoxy groups -OCH3 is 1. The highest BCUT2D eigenvalue weighted by Gasteiger charge is 2.20. The Morgan fingerprint density at radius 2 is 1.93 bits per heavy atom. The molecule has 0 unspecified atom stereocenters. The molecule has 1 amide bonds. The number of carbonyl (C=O) groups is 1. The van der Waals surface area contributed by atoms with Crippen LogP contribution >= 0.6 is 24.0 Å². The fourth-order valence-corrected chi connectivity index (χ4v) is 3.09. The van der Waals surface area contributed by atoms with Gasteiger partial charge in [-0.3, -0.25) is 9.69 Å². The number of hydrogen-bond donors (Lipinski definition) is 3. The molecule has 158 valence electrons. The molecule has 1 heterocycles. The van der Waals surface area contributed by atoms with Crippen LogP contribution in [-0.2, 0) is 16.1 Å². The Labute approximate surface area is 185 Å². The summed E-state index contributed by atoms with van der Waals surface area (Å²) in [5, 5.41) is 9.48. The van der Waals surface area contributed by atoms with E-state index in [4.69, 9.17) is 4.74 Å². The molecule has 0 atom stereocenters. The Hall–Kier alpha value is -1.39. The molecule has 8 heteroatoms. The number of hydrogen-bond acceptors (Lipinski definition) is 4. The number of amides is 1. The number of nitrogens with one attached hydrogen (secondary N) is 3. The van der Waals surface area contributed by atoms with Gasteiger partial charge in [-0.2, -0.15) is 0 Å². The molecular weight excluding hydrogens is 469 g/mol. The molecule has 7 nitrogen and oxygen atoms in total. The van der Waals surface area contributed by atoms with E-state index in [9.17, 15) is 4.79 Å². The monoisotopic (exact) mass is 503 g/mol. The maximum atomic E-state index is 11.8. The Kier molecular flexibility index (Phi) is 12.8. The van der Waals surface area contributed by atoms with Gasteiger partial charge in [0.05, 0.1) is 6.61 Å². The quantitative estimate of drug-likeness (QED) is 0.207. The van der Waals surface area contributed by atoms with Gasteiger partial charge in [-0.15, -0.1) is 24.0 Å². The Balaban J connectivity index is 0.00000392. The average molecular weight is 503 g/mol. The van der Waals surface area contributed by atoms with Crippen LogP contribution in [0.1, 0.15) is 25.3 Å². The number of nitrogens with zero attached hydrogens (tertiary/aromatic N) is 2. The van der Waals surface area contributed by atoms with Gasteiger partial charge in [-0.1, -0.05) is 30.3 Å². The first-order valence-electron chi connectivity index (χ1n) is 9.78. The zero-order valence-corrected chi connectivity index (χ0v) is 19.3. The number of aliphatic imine (C=N–C) groups is 1. The summed E-state index contributed by atoms with van der Waals surface area (Å²) >= 11 is 0. The molecule has 1 aromatic carbocycles. The largest absolute Gasteiger partial charge is 0.383 e. The van der Waals surface area contributed by atoms with Gasteiger partial charge in [0.2, 0.25) is 5.91 Å².